The van der Waals surface area contributed by atoms with Gasteiger partial charge in [-0.1, -0.05) is 12.1 Å². The van der Waals surface area contributed by atoms with E-state index in [-0.39, 0.29) is 6.04 Å². The van der Waals surface area contributed by atoms with E-state index >= 15 is 0 Å². The Hall–Kier alpha value is -2.07. The lowest BCUT2D eigenvalue weighted by Crippen LogP contribution is -2.19. The summed E-state index contributed by atoms with van der Waals surface area (Å²) >= 11 is 0. The molecule has 0 fully saturated rings. The van der Waals surface area contributed by atoms with Crippen LogP contribution in [-0.4, -0.2) is 15.0 Å². The fourth-order valence-electron chi connectivity index (χ4n) is 2.18. The van der Waals surface area contributed by atoms with Gasteiger partial charge in [0.2, 0.25) is 0 Å². The highest BCUT2D eigenvalue weighted by atomic mass is 15.0. The molecule has 92 valence electrons. The normalized spacial score (nSPS) is 12.9. The van der Waals surface area contributed by atoms with E-state index in [9.17, 15) is 0 Å². The first-order chi connectivity index (χ1) is 8.84. The molecule has 0 radical (unpaired) electrons. The Bertz CT molecular complexity index is 624. The third-order valence-corrected chi connectivity index (χ3v) is 3.21. The first-order valence-corrected chi connectivity index (χ1v) is 6.12. The molecule has 0 spiro atoms. The van der Waals surface area contributed by atoms with Crippen molar-refractivity contribution in [2.45, 2.75) is 19.5 Å². The molecule has 1 unspecified atom stereocenters. The highest BCUT2D eigenvalue weighted by molar-refractivity contribution is 5.82. The molecule has 0 bridgehead atoms. The minimum Gasteiger partial charge on any atom is -0.361 e. The minimum atomic E-state index is 0.217. The summed E-state index contributed by atoms with van der Waals surface area (Å²) in [6.07, 6.45) is 5.60. The highest BCUT2D eigenvalue weighted by Crippen LogP contribution is 2.18. The van der Waals surface area contributed by atoms with Gasteiger partial charge in [0.25, 0.3) is 0 Å². The van der Waals surface area contributed by atoms with Gasteiger partial charge in [0.15, 0.2) is 0 Å². The Kier molecular flexibility index (Phi) is 2.86. The number of imidazole rings is 1. The molecule has 0 aliphatic heterocycles. The Morgan fingerprint density at radius 1 is 1.22 bits per heavy atom. The van der Waals surface area contributed by atoms with Crippen LogP contribution in [0.4, 0.5) is 0 Å². The van der Waals surface area contributed by atoms with Gasteiger partial charge in [-0.25, -0.2) is 4.98 Å². The van der Waals surface area contributed by atoms with Crippen LogP contribution in [-0.2, 0) is 6.54 Å². The lowest BCUT2D eigenvalue weighted by molar-refractivity contribution is 0.552. The number of hydrogen-bond acceptors (Lipinski definition) is 2. The quantitative estimate of drug-likeness (QED) is 0.656. The van der Waals surface area contributed by atoms with E-state index in [1.807, 2.05) is 12.4 Å². The number of nitrogens with one attached hydrogen (secondary N) is 3. The molecule has 2 aromatic heterocycles. The van der Waals surface area contributed by atoms with Gasteiger partial charge in [0.1, 0.15) is 5.82 Å². The lowest BCUT2D eigenvalue weighted by atomic mass is 10.1. The van der Waals surface area contributed by atoms with Gasteiger partial charge in [0, 0.05) is 36.0 Å². The maximum atomic E-state index is 4.26. The zero-order valence-electron chi connectivity index (χ0n) is 10.3. The fourth-order valence-corrected chi connectivity index (χ4v) is 2.18. The van der Waals surface area contributed by atoms with Crippen molar-refractivity contribution < 1.29 is 0 Å². The average Bonchev–Trinajstić information content (AvgIpc) is 3.05. The summed E-state index contributed by atoms with van der Waals surface area (Å²) in [4.78, 5) is 10.6. The fraction of sp³-hybridized carbons (Fsp3) is 0.214. The molecular weight excluding hydrogens is 224 g/mol. The van der Waals surface area contributed by atoms with Crippen molar-refractivity contribution in [1.29, 1.82) is 0 Å². The van der Waals surface area contributed by atoms with Crippen molar-refractivity contribution in [3.8, 4) is 0 Å². The van der Waals surface area contributed by atoms with Crippen LogP contribution in [0.1, 0.15) is 24.4 Å². The van der Waals surface area contributed by atoms with Gasteiger partial charge in [0.05, 0.1) is 6.04 Å². The molecule has 2 heterocycles. The Morgan fingerprint density at radius 2 is 2.17 bits per heavy atom. The summed E-state index contributed by atoms with van der Waals surface area (Å²) in [5.74, 6) is 0.969. The Labute approximate surface area is 105 Å². The summed E-state index contributed by atoms with van der Waals surface area (Å²) in [6, 6.07) is 8.65. The lowest BCUT2D eigenvalue weighted by Gasteiger charge is -2.12. The zero-order chi connectivity index (χ0) is 12.4. The Morgan fingerprint density at radius 3 is 3.00 bits per heavy atom. The molecule has 0 saturated carbocycles. The number of nitrogens with zero attached hydrogens (tertiary/aromatic N) is 1. The van der Waals surface area contributed by atoms with Crippen molar-refractivity contribution in [1.82, 2.24) is 20.3 Å². The van der Waals surface area contributed by atoms with Gasteiger partial charge in [-0.3, -0.25) is 0 Å². The second-order valence-electron chi connectivity index (χ2n) is 4.43. The number of rotatable bonds is 4. The zero-order valence-corrected chi connectivity index (χ0v) is 10.3. The molecule has 18 heavy (non-hydrogen) atoms. The number of aromatic amines is 2. The molecule has 4 heteroatoms. The second-order valence-corrected chi connectivity index (χ2v) is 4.43. The Balaban J connectivity index is 1.75. The van der Waals surface area contributed by atoms with Gasteiger partial charge in [-0.05, 0) is 24.6 Å². The standard InChI is InChI=1S/C14H16N4/c1-10(14-16-7-8-17-14)18-9-11-3-2-4-13-12(11)5-6-15-13/h2-8,10,15,18H,9H2,1H3,(H,16,17). The molecule has 0 aliphatic carbocycles. The third-order valence-electron chi connectivity index (χ3n) is 3.21. The summed E-state index contributed by atoms with van der Waals surface area (Å²) in [5, 5.41) is 4.75. The van der Waals surface area contributed by atoms with Gasteiger partial charge < -0.3 is 15.3 Å². The summed E-state index contributed by atoms with van der Waals surface area (Å²) in [7, 11) is 0. The summed E-state index contributed by atoms with van der Waals surface area (Å²) in [6.45, 7) is 2.94. The van der Waals surface area contributed by atoms with Gasteiger partial charge in [-0.2, -0.15) is 0 Å². The van der Waals surface area contributed by atoms with E-state index in [1.54, 1.807) is 6.20 Å². The average molecular weight is 240 g/mol. The monoisotopic (exact) mass is 240 g/mol. The second kappa shape index (κ2) is 4.66. The smallest absolute Gasteiger partial charge is 0.122 e. The molecule has 1 atom stereocenters. The molecule has 0 saturated heterocycles. The molecular formula is C14H16N4. The molecule has 4 nitrogen and oxygen atoms in total. The summed E-state index contributed by atoms with van der Waals surface area (Å²) < 4.78 is 0. The van der Waals surface area contributed by atoms with Crippen molar-refractivity contribution in [3.63, 3.8) is 0 Å². The van der Waals surface area contributed by atoms with Crippen LogP contribution in [0.15, 0.2) is 42.9 Å². The van der Waals surface area contributed by atoms with Gasteiger partial charge in [-0.15, -0.1) is 0 Å². The van der Waals surface area contributed by atoms with Crippen molar-refractivity contribution in [3.05, 3.63) is 54.2 Å². The highest BCUT2D eigenvalue weighted by Gasteiger charge is 2.08. The number of fused-ring (bicyclic) bond motifs is 1. The van der Waals surface area contributed by atoms with Crippen molar-refractivity contribution in [2.24, 2.45) is 0 Å². The van der Waals surface area contributed by atoms with E-state index in [2.05, 4.69) is 51.5 Å². The van der Waals surface area contributed by atoms with E-state index < -0.39 is 0 Å². The maximum absolute atomic E-state index is 4.26. The molecule has 3 rings (SSSR count). The molecule has 3 N–H and O–H groups in total. The van der Waals surface area contributed by atoms with Crippen molar-refractivity contribution >= 4 is 10.9 Å². The number of hydrogen-bond donors (Lipinski definition) is 3. The van der Waals surface area contributed by atoms with Crippen LogP contribution in [0.25, 0.3) is 10.9 Å². The minimum absolute atomic E-state index is 0.217. The van der Waals surface area contributed by atoms with Crippen LogP contribution in [0, 0.1) is 0 Å². The number of benzene rings is 1. The van der Waals surface area contributed by atoms with E-state index in [1.165, 1.54) is 16.5 Å². The largest absolute Gasteiger partial charge is 0.361 e. The third kappa shape index (κ3) is 2.02. The SMILES string of the molecule is CC(NCc1cccc2[nH]ccc12)c1ncc[nH]1. The molecule has 3 aromatic rings. The van der Waals surface area contributed by atoms with Gasteiger partial charge >= 0.3 is 0 Å². The van der Waals surface area contributed by atoms with E-state index in [0.717, 1.165) is 12.4 Å². The van der Waals surface area contributed by atoms with E-state index in [0.29, 0.717) is 0 Å². The first-order valence-electron chi connectivity index (χ1n) is 6.12. The number of H-pyrrole nitrogens is 2. The topological polar surface area (TPSA) is 56.5 Å². The van der Waals surface area contributed by atoms with Crippen LogP contribution >= 0.6 is 0 Å². The molecule has 0 aliphatic rings. The van der Waals surface area contributed by atoms with Crippen molar-refractivity contribution in [2.75, 3.05) is 0 Å². The van der Waals surface area contributed by atoms with Crippen LogP contribution in [0.5, 0.6) is 0 Å². The predicted molar refractivity (Wildman–Crippen MR) is 72.1 cm³/mol. The first kappa shape index (κ1) is 11.0. The maximum Gasteiger partial charge on any atom is 0.122 e. The van der Waals surface area contributed by atoms with E-state index in [4.69, 9.17) is 0 Å². The van der Waals surface area contributed by atoms with Crippen LogP contribution in [0.2, 0.25) is 0 Å². The summed E-state index contributed by atoms with van der Waals surface area (Å²) in [5.41, 5.74) is 2.48. The van der Waals surface area contributed by atoms with Crippen LogP contribution in [0.3, 0.4) is 0 Å². The van der Waals surface area contributed by atoms with Crippen LogP contribution < -0.4 is 5.32 Å². The number of aromatic nitrogens is 3. The molecule has 0 amide bonds. The molecule has 1 aromatic carbocycles. The predicted octanol–water partition coefficient (Wildman–Crippen LogP) is 2.74.